The molecule has 2 N–H and O–H groups in total. The summed E-state index contributed by atoms with van der Waals surface area (Å²) in [6.07, 6.45) is 7.83. The molecule has 0 saturated heterocycles. The van der Waals surface area contributed by atoms with Crippen LogP contribution in [0.2, 0.25) is 0 Å². The fourth-order valence-corrected chi connectivity index (χ4v) is 1.77. The van der Waals surface area contributed by atoms with E-state index in [2.05, 4.69) is 10.3 Å². The van der Waals surface area contributed by atoms with E-state index in [0.717, 1.165) is 6.42 Å². The van der Waals surface area contributed by atoms with E-state index in [4.69, 9.17) is 5.11 Å². The maximum atomic E-state index is 11.8. The van der Waals surface area contributed by atoms with Gasteiger partial charge in [-0.15, -0.1) is 0 Å². The maximum absolute atomic E-state index is 11.8. The molecule has 1 aliphatic rings. The zero-order valence-electron chi connectivity index (χ0n) is 8.84. The smallest absolute Gasteiger partial charge is 0.251 e. The van der Waals surface area contributed by atoms with E-state index in [1.54, 1.807) is 24.5 Å². The lowest BCUT2D eigenvalue weighted by Gasteiger charge is -2.12. The van der Waals surface area contributed by atoms with Crippen molar-refractivity contribution in [1.82, 2.24) is 10.3 Å². The molecule has 0 saturated carbocycles. The molecule has 0 aromatic carbocycles. The summed E-state index contributed by atoms with van der Waals surface area (Å²) >= 11 is 0. The topological polar surface area (TPSA) is 62.2 Å². The standard InChI is InChI=1S/C12H14N2O2/c15-8-9-1-2-11(7-9)14-12(16)10-3-5-13-6-4-10/h1-6,9,11,15H,7-8H2,(H,14,16)/t9-,11-/m1/s1. The molecule has 2 rings (SSSR count). The van der Waals surface area contributed by atoms with Gasteiger partial charge in [0.2, 0.25) is 0 Å². The van der Waals surface area contributed by atoms with Gasteiger partial charge in [0, 0.05) is 36.5 Å². The van der Waals surface area contributed by atoms with Crippen LogP contribution in [0.15, 0.2) is 36.7 Å². The van der Waals surface area contributed by atoms with Crippen LogP contribution in [0.5, 0.6) is 0 Å². The highest BCUT2D eigenvalue weighted by molar-refractivity contribution is 5.94. The van der Waals surface area contributed by atoms with Crippen molar-refractivity contribution < 1.29 is 9.90 Å². The molecule has 2 atom stereocenters. The summed E-state index contributed by atoms with van der Waals surface area (Å²) < 4.78 is 0. The van der Waals surface area contributed by atoms with Crippen molar-refractivity contribution in [3.8, 4) is 0 Å². The summed E-state index contributed by atoms with van der Waals surface area (Å²) in [5, 5.41) is 11.9. The number of aliphatic hydroxyl groups excluding tert-OH is 1. The second-order valence-electron chi connectivity index (χ2n) is 3.88. The van der Waals surface area contributed by atoms with Crippen LogP contribution in [-0.2, 0) is 0 Å². The molecule has 16 heavy (non-hydrogen) atoms. The van der Waals surface area contributed by atoms with Gasteiger partial charge in [-0.1, -0.05) is 12.2 Å². The normalized spacial score (nSPS) is 23.3. The molecule has 1 heterocycles. The Morgan fingerprint density at radius 1 is 1.44 bits per heavy atom. The monoisotopic (exact) mass is 218 g/mol. The molecule has 0 radical (unpaired) electrons. The summed E-state index contributed by atoms with van der Waals surface area (Å²) in [5.41, 5.74) is 0.607. The first kappa shape index (κ1) is 10.8. The van der Waals surface area contributed by atoms with Gasteiger partial charge in [0.25, 0.3) is 5.91 Å². The number of carbonyl (C=O) groups is 1. The number of rotatable bonds is 3. The third kappa shape index (κ3) is 2.46. The zero-order valence-corrected chi connectivity index (χ0v) is 8.84. The number of amides is 1. The first-order chi connectivity index (χ1) is 7.79. The van der Waals surface area contributed by atoms with E-state index >= 15 is 0 Å². The van der Waals surface area contributed by atoms with Crippen molar-refractivity contribution in [2.75, 3.05) is 6.61 Å². The minimum atomic E-state index is -0.101. The van der Waals surface area contributed by atoms with E-state index in [9.17, 15) is 4.79 Å². The average molecular weight is 218 g/mol. The van der Waals surface area contributed by atoms with Crippen molar-refractivity contribution in [3.63, 3.8) is 0 Å². The summed E-state index contributed by atoms with van der Waals surface area (Å²) in [7, 11) is 0. The lowest BCUT2D eigenvalue weighted by Crippen LogP contribution is -2.32. The van der Waals surface area contributed by atoms with Gasteiger partial charge in [-0.2, -0.15) is 0 Å². The Morgan fingerprint density at radius 3 is 2.81 bits per heavy atom. The largest absolute Gasteiger partial charge is 0.396 e. The van der Waals surface area contributed by atoms with E-state index in [1.807, 2.05) is 12.2 Å². The fourth-order valence-electron chi connectivity index (χ4n) is 1.77. The van der Waals surface area contributed by atoms with E-state index < -0.39 is 0 Å². The number of carbonyl (C=O) groups excluding carboxylic acids is 1. The maximum Gasteiger partial charge on any atom is 0.251 e. The van der Waals surface area contributed by atoms with Gasteiger partial charge in [-0.25, -0.2) is 0 Å². The molecule has 0 fully saturated rings. The summed E-state index contributed by atoms with van der Waals surface area (Å²) in [4.78, 5) is 15.6. The van der Waals surface area contributed by atoms with Gasteiger partial charge in [0.1, 0.15) is 0 Å². The van der Waals surface area contributed by atoms with Crippen molar-refractivity contribution in [3.05, 3.63) is 42.2 Å². The number of aliphatic hydroxyl groups is 1. The third-order valence-electron chi connectivity index (χ3n) is 2.67. The molecule has 4 heteroatoms. The Balaban J connectivity index is 1.92. The molecule has 1 aliphatic carbocycles. The van der Waals surface area contributed by atoms with Crippen LogP contribution in [0.3, 0.4) is 0 Å². The van der Waals surface area contributed by atoms with Gasteiger partial charge in [-0.05, 0) is 18.6 Å². The molecular weight excluding hydrogens is 204 g/mol. The van der Waals surface area contributed by atoms with Crippen LogP contribution in [0.4, 0.5) is 0 Å². The van der Waals surface area contributed by atoms with Crippen molar-refractivity contribution in [1.29, 1.82) is 0 Å². The Kier molecular flexibility index (Phi) is 3.31. The van der Waals surface area contributed by atoms with Crippen LogP contribution in [0, 0.1) is 5.92 Å². The minimum Gasteiger partial charge on any atom is -0.396 e. The SMILES string of the molecule is O=C(N[C@@H]1C=C[C@@H](CO)C1)c1ccncc1. The molecule has 0 bridgehead atoms. The van der Waals surface area contributed by atoms with E-state index in [0.29, 0.717) is 5.56 Å². The number of nitrogens with one attached hydrogen (secondary N) is 1. The summed E-state index contributed by atoms with van der Waals surface area (Å²) in [5.74, 6) is 0.0679. The fraction of sp³-hybridized carbons (Fsp3) is 0.333. The van der Waals surface area contributed by atoms with Gasteiger partial charge in [0.05, 0.1) is 0 Å². The number of nitrogens with zero attached hydrogens (tertiary/aromatic N) is 1. The van der Waals surface area contributed by atoms with Crippen LogP contribution in [-0.4, -0.2) is 28.6 Å². The molecule has 1 amide bonds. The number of pyridine rings is 1. The number of hydrogen-bond donors (Lipinski definition) is 2. The van der Waals surface area contributed by atoms with Crippen molar-refractivity contribution >= 4 is 5.91 Å². The Morgan fingerprint density at radius 2 is 2.19 bits per heavy atom. The molecule has 1 aromatic heterocycles. The van der Waals surface area contributed by atoms with E-state index in [-0.39, 0.29) is 24.5 Å². The molecular formula is C12H14N2O2. The predicted molar refractivity (Wildman–Crippen MR) is 59.8 cm³/mol. The Labute approximate surface area is 94.0 Å². The van der Waals surface area contributed by atoms with Gasteiger partial charge >= 0.3 is 0 Å². The molecule has 1 aromatic rings. The number of aromatic nitrogens is 1. The van der Waals surface area contributed by atoms with Crippen LogP contribution >= 0.6 is 0 Å². The molecule has 4 nitrogen and oxygen atoms in total. The van der Waals surface area contributed by atoms with Gasteiger partial charge in [-0.3, -0.25) is 9.78 Å². The Bertz CT molecular complexity index is 389. The summed E-state index contributed by atoms with van der Waals surface area (Å²) in [6, 6.07) is 3.38. The lowest BCUT2D eigenvalue weighted by atomic mass is 10.1. The first-order valence-electron chi connectivity index (χ1n) is 5.29. The minimum absolute atomic E-state index is 0.0258. The van der Waals surface area contributed by atoms with Crippen LogP contribution in [0.25, 0.3) is 0 Å². The molecule has 0 aliphatic heterocycles. The second-order valence-corrected chi connectivity index (χ2v) is 3.88. The van der Waals surface area contributed by atoms with E-state index in [1.165, 1.54) is 0 Å². The summed E-state index contributed by atoms with van der Waals surface area (Å²) in [6.45, 7) is 0.137. The van der Waals surface area contributed by atoms with Gasteiger partial charge in [0.15, 0.2) is 0 Å². The molecule has 0 spiro atoms. The molecule has 0 unspecified atom stereocenters. The highest BCUT2D eigenvalue weighted by atomic mass is 16.3. The van der Waals surface area contributed by atoms with Crippen molar-refractivity contribution in [2.24, 2.45) is 5.92 Å². The first-order valence-corrected chi connectivity index (χ1v) is 5.29. The second kappa shape index (κ2) is 4.90. The average Bonchev–Trinajstić information content (AvgIpc) is 2.78. The zero-order chi connectivity index (χ0) is 11.4. The van der Waals surface area contributed by atoms with Crippen LogP contribution < -0.4 is 5.32 Å². The number of hydrogen-bond acceptors (Lipinski definition) is 3. The quantitative estimate of drug-likeness (QED) is 0.736. The van der Waals surface area contributed by atoms with Gasteiger partial charge < -0.3 is 10.4 Å². The third-order valence-corrected chi connectivity index (χ3v) is 2.67. The van der Waals surface area contributed by atoms with Crippen molar-refractivity contribution in [2.45, 2.75) is 12.5 Å². The molecule has 84 valence electrons. The Hall–Kier alpha value is -1.68. The highest BCUT2D eigenvalue weighted by Crippen LogP contribution is 2.17. The predicted octanol–water partition coefficient (Wildman–Crippen LogP) is 0.748. The lowest BCUT2D eigenvalue weighted by molar-refractivity contribution is 0.0941. The van der Waals surface area contributed by atoms with Crippen LogP contribution in [0.1, 0.15) is 16.8 Å². The highest BCUT2D eigenvalue weighted by Gasteiger charge is 2.19.